The third-order valence-electron chi connectivity index (χ3n) is 4.60. The lowest BCUT2D eigenvalue weighted by Gasteiger charge is -2.33. The van der Waals surface area contributed by atoms with E-state index in [0.717, 1.165) is 23.9 Å². The van der Waals surface area contributed by atoms with Crippen LogP contribution >= 0.6 is 0 Å². The molecular formula is C17H26N6O. The Kier molecular flexibility index (Phi) is 4.69. The van der Waals surface area contributed by atoms with Gasteiger partial charge in [0.15, 0.2) is 5.82 Å². The second-order valence-corrected chi connectivity index (χ2v) is 6.76. The van der Waals surface area contributed by atoms with Crippen LogP contribution in [0.1, 0.15) is 63.5 Å². The maximum absolute atomic E-state index is 12.6. The standard InChI is InChI=1S/C17H26N6O/c1-5-14-18-7-9-21(14)8-6-16(24)22-10-13(4)23-15(11-22)19-20-17(23)12(2)3/h7,9,12-13H,5-6,8,10-11H2,1-4H3/t13-/m0/s1. The zero-order valence-corrected chi connectivity index (χ0v) is 14.9. The maximum Gasteiger partial charge on any atom is 0.224 e. The minimum atomic E-state index is 0.165. The number of nitrogens with zero attached hydrogens (tertiary/aromatic N) is 6. The summed E-state index contributed by atoms with van der Waals surface area (Å²) in [4.78, 5) is 18.8. The molecule has 24 heavy (non-hydrogen) atoms. The first-order valence-electron chi connectivity index (χ1n) is 8.72. The molecule has 1 aliphatic rings. The average Bonchev–Trinajstić information content (AvgIpc) is 3.18. The molecule has 1 atom stereocenters. The van der Waals surface area contributed by atoms with E-state index in [-0.39, 0.29) is 11.9 Å². The van der Waals surface area contributed by atoms with E-state index >= 15 is 0 Å². The van der Waals surface area contributed by atoms with Crippen molar-refractivity contribution in [3.8, 4) is 0 Å². The number of imidazole rings is 1. The quantitative estimate of drug-likeness (QED) is 0.842. The molecule has 0 unspecified atom stereocenters. The second kappa shape index (κ2) is 6.75. The molecule has 7 nitrogen and oxygen atoms in total. The van der Waals surface area contributed by atoms with Gasteiger partial charge in [-0.25, -0.2) is 4.98 Å². The first kappa shape index (κ1) is 16.7. The molecule has 0 bridgehead atoms. The lowest BCUT2D eigenvalue weighted by Crippen LogP contribution is -2.41. The molecule has 1 amide bonds. The summed E-state index contributed by atoms with van der Waals surface area (Å²) in [5.74, 6) is 3.43. The third-order valence-corrected chi connectivity index (χ3v) is 4.60. The van der Waals surface area contributed by atoms with Gasteiger partial charge in [-0.1, -0.05) is 20.8 Å². The number of hydrogen-bond donors (Lipinski definition) is 0. The molecule has 7 heteroatoms. The molecule has 2 aromatic heterocycles. The van der Waals surface area contributed by atoms with Crippen LogP contribution in [0.25, 0.3) is 0 Å². The van der Waals surface area contributed by atoms with Gasteiger partial charge >= 0.3 is 0 Å². The topological polar surface area (TPSA) is 68.8 Å². The van der Waals surface area contributed by atoms with Crippen LogP contribution in [-0.2, 0) is 24.3 Å². The maximum atomic E-state index is 12.6. The number of hydrogen-bond acceptors (Lipinski definition) is 4. The number of aryl methyl sites for hydroxylation is 2. The molecule has 0 aromatic carbocycles. The van der Waals surface area contributed by atoms with Gasteiger partial charge in [0.25, 0.3) is 0 Å². The van der Waals surface area contributed by atoms with Crippen molar-refractivity contribution < 1.29 is 4.79 Å². The highest BCUT2D eigenvalue weighted by atomic mass is 16.2. The zero-order valence-electron chi connectivity index (χ0n) is 14.9. The Bertz CT molecular complexity index is 716. The van der Waals surface area contributed by atoms with Crippen molar-refractivity contribution in [2.75, 3.05) is 6.54 Å². The number of carbonyl (C=O) groups excluding carboxylic acids is 1. The van der Waals surface area contributed by atoms with E-state index in [4.69, 9.17) is 0 Å². The van der Waals surface area contributed by atoms with Gasteiger partial charge in [-0.05, 0) is 6.92 Å². The summed E-state index contributed by atoms with van der Waals surface area (Å²) in [5, 5.41) is 8.62. The smallest absolute Gasteiger partial charge is 0.224 e. The minimum absolute atomic E-state index is 0.165. The third kappa shape index (κ3) is 3.07. The van der Waals surface area contributed by atoms with Crippen LogP contribution in [0.15, 0.2) is 12.4 Å². The van der Waals surface area contributed by atoms with Crippen molar-refractivity contribution in [3.05, 3.63) is 29.9 Å². The lowest BCUT2D eigenvalue weighted by atomic mass is 10.1. The molecule has 0 saturated carbocycles. The molecule has 1 aliphatic heterocycles. The summed E-state index contributed by atoms with van der Waals surface area (Å²) < 4.78 is 4.25. The molecular weight excluding hydrogens is 304 g/mol. The number of aromatic nitrogens is 5. The molecule has 0 spiro atoms. The van der Waals surface area contributed by atoms with Crippen LogP contribution < -0.4 is 0 Å². The molecule has 0 aliphatic carbocycles. The Morgan fingerprint density at radius 1 is 1.38 bits per heavy atom. The molecule has 2 aromatic rings. The Balaban J connectivity index is 1.66. The van der Waals surface area contributed by atoms with Gasteiger partial charge in [-0.15, -0.1) is 10.2 Å². The van der Waals surface area contributed by atoms with Gasteiger partial charge < -0.3 is 14.0 Å². The van der Waals surface area contributed by atoms with Crippen LogP contribution in [0.2, 0.25) is 0 Å². The first-order chi connectivity index (χ1) is 11.5. The molecule has 0 radical (unpaired) electrons. The average molecular weight is 330 g/mol. The molecule has 3 heterocycles. The van der Waals surface area contributed by atoms with Crippen LogP contribution in [0, 0.1) is 0 Å². The fourth-order valence-corrected chi connectivity index (χ4v) is 3.38. The summed E-state index contributed by atoms with van der Waals surface area (Å²) in [5.41, 5.74) is 0. The summed E-state index contributed by atoms with van der Waals surface area (Å²) in [6.07, 6.45) is 5.10. The van der Waals surface area contributed by atoms with E-state index in [1.54, 1.807) is 6.20 Å². The molecule has 3 rings (SSSR count). The Morgan fingerprint density at radius 3 is 2.88 bits per heavy atom. The summed E-state index contributed by atoms with van der Waals surface area (Å²) >= 11 is 0. The highest BCUT2D eigenvalue weighted by Crippen LogP contribution is 2.25. The predicted octanol–water partition coefficient (Wildman–Crippen LogP) is 2.15. The van der Waals surface area contributed by atoms with Crippen molar-refractivity contribution in [2.24, 2.45) is 0 Å². The van der Waals surface area contributed by atoms with Gasteiger partial charge in [-0.2, -0.15) is 0 Å². The molecule has 0 saturated heterocycles. The van der Waals surface area contributed by atoms with E-state index < -0.39 is 0 Å². The SMILES string of the molecule is CCc1nccn1CCC(=O)N1Cc2nnc(C(C)C)n2[C@@H](C)C1. The summed E-state index contributed by atoms with van der Waals surface area (Å²) in [6.45, 7) is 10.4. The van der Waals surface area contributed by atoms with Crippen molar-refractivity contribution in [2.45, 2.75) is 65.6 Å². The minimum Gasteiger partial charge on any atom is -0.334 e. The number of amides is 1. The van der Waals surface area contributed by atoms with Crippen molar-refractivity contribution in [1.82, 2.24) is 29.2 Å². The summed E-state index contributed by atoms with van der Waals surface area (Å²) in [6, 6.07) is 0.213. The Labute approximate surface area is 142 Å². The number of rotatable bonds is 5. The van der Waals surface area contributed by atoms with E-state index in [1.165, 1.54) is 0 Å². The number of carbonyl (C=O) groups is 1. The molecule has 0 fully saturated rings. The van der Waals surface area contributed by atoms with Gasteiger partial charge in [0.05, 0.1) is 12.6 Å². The van der Waals surface area contributed by atoms with Gasteiger partial charge in [0, 0.05) is 44.2 Å². The van der Waals surface area contributed by atoms with Gasteiger partial charge in [-0.3, -0.25) is 4.79 Å². The zero-order chi connectivity index (χ0) is 17.3. The van der Waals surface area contributed by atoms with E-state index in [0.29, 0.717) is 32.0 Å². The van der Waals surface area contributed by atoms with E-state index in [9.17, 15) is 4.79 Å². The van der Waals surface area contributed by atoms with Crippen LogP contribution in [0.5, 0.6) is 0 Å². The molecule has 130 valence electrons. The Morgan fingerprint density at radius 2 is 2.17 bits per heavy atom. The van der Waals surface area contributed by atoms with Crippen LogP contribution in [0.3, 0.4) is 0 Å². The second-order valence-electron chi connectivity index (χ2n) is 6.76. The predicted molar refractivity (Wildman–Crippen MR) is 90.5 cm³/mol. The highest BCUT2D eigenvalue weighted by Gasteiger charge is 2.29. The fourth-order valence-electron chi connectivity index (χ4n) is 3.38. The van der Waals surface area contributed by atoms with Crippen molar-refractivity contribution in [1.29, 1.82) is 0 Å². The van der Waals surface area contributed by atoms with Crippen molar-refractivity contribution in [3.63, 3.8) is 0 Å². The van der Waals surface area contributed by atoms with E-state index in [2.05, 4.69) is 52.0 Å². The molecule has 0 N–H and O–H groups in total. The highest BCUT2D eigenvalue weighted by molar-refractivity contribution is 5.76. The first-order valence-corrected chi connectivity index (χ1v) is 8.72. The monoisotopic (exact) mass is 330 g/mol. The lowest BCUT2D eigenvalue weighted by molar-refractivity contribution is -0.133. The van der Waals surface area contributed by atoms with Crippen LogP contribution in [-0.4, -0.2) is 41.7 Å². The van der Waals surface area contributed by atoms with Crippen molar-refractivity contribution >= 4 is 5.91 Å². The Hall–Kier alpha value is -2.18. The van der Waals surface area contributed by atoms with Gasteiger partial charge in [0.1, 0.15) is 11.6 Å². The fraction of sp³-hybridized carbons (Fsp3) is 0.647. The van der Waals surface area contributed by atoms with Crippen LogP contribution in [0.4, 0.5) is 0 Å². The largest absolute Gasteiger partial charge is 0.334 e. The van der Waals surface area contributed by atoms with E-state index in [1.807, 2.05) is 11.1 Å². The van der Waals surface area contributed by atoms with Gasteiger partial charge in [0.2, 0.25) is 5.91 Å². The normalized spacial score (nSPS) is 17.4. The summed E-state index contributed by atoms with van der Waals surface area (Å²) in [7, 11) is 0. The number of fused-ring (bicyclic) bond motifs is 1.